The van der Waals surface area contributed by atoms with Gasteiger partial charge in [0, 0.05) is 19.2 Å². The second-order valence-electron chi connectivity index (χ2n) is 4.87. The molecule has 0 bridgehead atoms. The van der Waals surface area contributed by atoms with Crippen LogP contribution in [-0.4, -0.2) is 55.3 Å². The summed E-state index contributed by atoms with van der Waals surface area (Å²) in [5, 5.41) is 8.97. The topological polar surface area (TPSA) is 76.1 Å². The molecule has 1 heterocycles. The minimum Gasteiger partial charge on any atom is -0.493 e. The fraction of sp³-hybridized carbons (Fsp3) is 0.467. The van der Waals surface area contributed by atoms with E-state index in [0.717, 1.165) is 5.56 Å². The molecule has 1 N–H and O–H groups in total. The molecule has 1 amide bonds. The number of para-hydroxylation sites is 1. The van der Waals surface area contributed by atoms with Crippen LogP contribution in [0.25, 0.3) is 0 Å². The van der Waals surface area contributed by atoms with Crippen LogP contribution in [0.5, 0.6) is 5.75 Å². The summed E-state index contributed by atoms with van der Waals surface area (Å²) in [5.74, 6) is -0.875. The van der Waals surface area contributed by atoms with Crippen LogP contribution in [0, 0.1) is 0 Å². The number of carbonyl (C=O) groups excluding carboxylic acids is 1. The summed E-state index contributed by atoms with van der Waals surface area (Å²) in [6.07, 6.45) is 0.555. The first-order chi connectivity index (χ1) is 10.1. The quantitative estimate of drug-likeness (QED) is 0.850. The van der Waals surface area contributed by atoms with E-state index in [1.165, 1.54) is 12.0 Å². The summed E-state index contributed by atoms with van der Waals surface area (Å²) in [7, 11) is 1.52. The van der Waals surface area contributed by atoms with Crippen LogP contribution in [0.3, 0.4) is 0 Å². The Morgan fingerprint density at radius 1 is 1.43 bits per heavy atom. The van der Waals surface area contributed by atoms with Gasteiger partial charge < -0.3 is 19.5 Å². The molecule has 1 aromatic rings. The lowest BCUT2D eigenvalue weighted by Crippen LogP contribution is -2.41. The zero-order valence-corrected chi connectivity index (χ0v) is 11.9. The van der Waals surface area contributed by atoms with Gasteiger partial charge in [-0.15, -0.1) is 0 Å². The zero-order chi connectivity index (χ0) is 15.2. The van der Waals surface area contributed by atoms with Gasteiger partial charge in [-0.2, -0.15) is 0 Å². The first-order valence-electron chi connectivity index (χ1n) is 6.84. The highest BCUT2D eigenvalue weighted by molar-refractivity contribution is 5.87. The SMILES string of the molecule is COCCN(CC(=O)O)C(=O)[C@H]1CCOc2ccccc21. The predicted molar refractivity (Wildman–Crippen MR) is 75.4 cm³/mol. The normalized spacial score (nSPS) is 16.7. The summed E-state index contributed by atoms with van der Waals surface area (Å²) in [4.78, 5) is 24.9. The third kappa shape index (κ3) is 3.72. The number of carboxylic acid groups (broad SMARTS) is 1. The molecule has 2 rings (SSSR count). The maximum Gasteiger partial charge on any atom is 0.323 e. The Kier molecular flexibility index (Phi) is 5.16. The Balaban J connectivity index is 2.18. The highest BCUT2D eigenvalue weighted by atomic mass is 16.5. The summed E-state index contributed by atoms with van der Waals surface area (Å²) in [6, 6.07) is 7.38. The average molecular weight is 293 g/mol. The van der Waals surface area contributed by atoms with Crippen molar-refractivity contribution in [2.75, 3.05) is 33.4 Å². The number of nitrogens with zero attached hydrogens (tertiary/aromatic N) is 1. The van der Waals surface area contributed by atoms with Crippen LogP contribution in [0.15, 0.2) is 24.3 Å². The molecule has 1 aliphatic heterocycles. The lowest BCUT2D eigenvalue weighted by atomic mass is 9.92. The smallest absolute Gasteiger partial charge is 0.323 e. The molecule has 0 spiro atoms. The van der Waals surface area contributed by atoms with Crippen molar-refractivity contribution >= 4 is 11.9 Å². The molecule has 1 aromatic carbocycles. The molecule has 0 unspecified atom stereocenters. The van der Waals surface area contributed by atoms with Gasteiger partial charge in [-0.05, 0) is 12.5 Å². The number of benzene rings is 1. The number of rotatable bonds is 6. The van der Waals surface area contributed by atoms with Crippen LogP contribution in [0.4, 0.5) is 0 Å². The van der Waals surface area contributed by atoms with Crippen LogP contribution in [0.1, 0.15) is 17.9 Å². The number of amides is 1. The van der Waals surface area contributed by atoms with Crippen molar-refractivity contribution in [3.05, 3.63) is 29.8 Å². The van der Waals surface area contributed by atoms with Crippen molar-refractivity contribution in [2.45, 2.75) is 12.3 Å². The first-order valence-corrected chi connectivity index (χ1v) is 6.84. The number of carboxylic acids is 1. The number of hydrogen-bond donors (Lipinski definition) is 1. The summed E-state index contributed by atoms with van der Waals surface area (Å²) < 4.78 is 10.5. The Labute approximate surface area is 123 Å². The number of hydrogen-bond acceptors (Lipinski definition) is 4. The molecule has 6 nitrogen and oxygen atoms in total. The Bertz CT molecular complexity index is 517. The summed E-state index contributed by atoms with van der Waals surface area (Å²) in [5.41, 5.74) is 0.821. The summed E-state index contributed by atoms with van der Waals surface area (Å²) in [6.45, 7) is 0.714. The minimum absolute atomic E-state index is 0.190. The average Bonchev–Trinajstić information content (AvgIpc) is 2.50. The molecule has 0 saturated carbocycles. The number of fused-ring (bicyclic) bond motifs is 1. The molecule has 0 saturated heterocycles. The van der Waals surface area contributed by atoms with E-state index >= 15 is 0 Å². The van der Waals surface area contributed by atoms with Crippen molar-refractivity contribution in [3.8, 4) is 5.75 Å². The molecule has 0 aromatic heterocycles. The van der Waals surface area contributed by atoms with Crippen molar-refractivity contribution < 1.29 is 24.2 Å². The molecule has 0 aliphatic carbocycles. The van der Waals surface area contributed by atoms with Gasteiger partial charge in [0.05, 0.1) is 19.1 Å². The van der Waals surface area contributed by atoms with Crippen LogP contribution >= 0.6 is 0 Å². The van der Waals surface area contributed by atoms with E-state index in [4.69, 9.17) is 14.6 Å². The maximum atomic E-state index is 12.7. The molecular weight excluding hydrogens is 274 g/mol. The third-order valence-corrected chi connectivity index (χ3v) is 3.46. The number of ether oxygens (including phenoxy) is 2. The highest BCUT2D eigenvalue weighted by Gasteiger charge is 2.31. The molecule has 0 fully saturated rings. The fourth-order valence-electron chi connectivity index (χ4n) is 2.45. The Morgan fingerprint density at radius 2 is 2.19 bits per heavy atom. The van der Waals surface area contributed by atoms with Crippen molar-refractivity contribution in [3.63, 3.8) is 0 Å². The van der Waals surface area contributed by atoms with Crippen molar-refractivity contribution in [2.24, 2.45) is 0 Å². The van der Waals surface area contributed by atoms with Gasteiger partial charge in [-0.1, -0.05) is 18.2 Å². The first kappa shape index (κ1) is 15.3. The van der Waals surface area contributed by atoms with E-state index in [9.17, 15) is 9.59 Å². The van der Waals surface area contributed by atoms with E-state index < -0.39 is 5.97 Å². The second-order valence-corrected chi connectivity index (χ2v) is 4.87. The van der Waals surface area contributed by atoms with Crippen molar-refractivity contribution in [1.29, 1.82) is 0 Å². The van der Waals surface area contributed by atoms with Gasteiger partial charge in [0.25, 0.3) is 0 Å². The van der Waals surface area contributed by atoms with E-state index in [1.54, 1.807) is 0 Å². The molecular formula is C15H19NO5. The lowest BCUT2D eigenvalue weighted by Gasteiger charge is -2.30. The van der Waals surface area contributed by atoms with Gasteiger partial charge >= 0.3 is 5.97 Å². The molecule has 6 heteroatoms. The highest BCUT2D eigenvalue weighted by Crippen LogP contribution is 2.34. The minimum atomic E-state index is -1.03. The summed E-state index contributed by atoms with van der Waals surface area (Å²) >= 11 is 0. The maximum absolute atomic E-state index is 12.7. The van der Waals surface area contributed by atoms with E-state index in [-0.39, 0.29) is 24.9 Å². The van der Waals surface area contributed by atoms with Gasteiger partial charge in [0.1, 0.15) is 12.3 Å². The van der Waals surface area contributed by atoms with Crippen molar-refractivity contribution in [1.82, 2.24) is 4.90 Å². The standard InChI is InChI=1S/C15H19NO5/c1-20-9-7-16(10-14(17)18)15(19)12-6-8-21-13-5-3-2-4-11(12)13/h2-5,12H,6-10H2,1H3,(H,17,18)/t12-/m0/s1. The Hall–Kier alpha value is -2.08. The fourth-order valence-corrected chi connectivity index (χ4v) is 2.45. The van der Waals surface area contributed by atoms with Gasteiger partial charge in [0.2, 0.25) is 5.91 Å². The van der Waals surface area contributed by atoms with Crippen LogP contribution < -0.4 is 4.74 Å². The van der Waals surface area contributed by atoms with Crippen LogP contribution in [0.2, 0.25) is 0 Å². The molecule has 1 atom stereocenters. The van der Waals surface area contributed by atoms with E-state index in [1.807, 2.05) is 24.3 Å². The van der Waals surface area contributed by atoms with Gasteiger partial charge in [-0.3, -0.25) is 9.59 Å². The van der Waals surface area contributed by atoms with Gasteiger partial charge in [0.15, 0.2) is 0 Å². The molecule has 0 radical (unpaired) electrons. The lowest BCUT2D eigenvalue weighted by molar-refractivity contribution is -0.145. The van der Waals surface area contributed by atoms with E-state index in [2.05, 4.69) is 0 Å². The predicted octanol–water partition coefficient (Wildman–Crippen LogP) is 1.11. The number of aliphatic carboxylic acids is 1. The monoisotopic (exact) mass is 293 g/mol. The molecule has 21 heavy (non-hydrogen) atoms. The number of carbonyl (C=O) groups is 2. The largest absolute Gasteiger partial charge is 0.493 e. The van der Waals surface area contributed by atoms with E-state index in [0.29, 0.717) is 25.4 Å². The molecule has 1 aliphatic rings. The second kappa shape index (κ2) is 7.08. The zero-order valence-electron chi connectivity index (χ0n) is 11.9. The number of methoxy groups -OCH3 is 1. The molecule has 114 valence electrons. The Morgan fingerprint density at radius 3 is 2.90 bits per heavy atom. The third-order valence-electron chi connectivity index (χ3n) is 3.46. The van der Waals surface area contributed by atoms with Crippen LogP contribution in [-0.2, 0) is 14.3 Å². The van der Waals surface area contributed by atoms with Gasteiger partial charge in [-0.25, -0.2) is 0 Å².